The lowest BCUT2D eigenvalue weighted by Crippen LogP contribution is -2.01. The number of benzene rings is 9. The van der Waals surface area contributed by atoms with Gasteiger partial charge in [0.25, 0.3) is 0 Å². The Balaban J connectivity index is 1.07. The molecule has 5 heteroatoms. The summed E-state index contributed by atoms with van der Waals surface area (Å²) in [5.74, 6) is 1.77. The van der Waals surface area contributed by atoms with Crippen LogP contribution in [0.3, 0.4) is 0 Å². The van der Waals surface area contributed by atoms with Crippen LogP contribution in [-0.2, 0) is 0 Å². The minimum Gasteiger partial charge on any atom is -0.456 e. The minimum absolute atomic E-state index is 0.582. The minimum atomic E-state index is 0.582. The molecule has 0 aliphatic heterocycles. The molecule has 9 aromatic carbocycles. The first kappa shape index (κ1) is 32.4. The molecule has 0 bridgehead atoms. The predicted octanol–water partition coefficient (Wildman–Crippen LogP) is 14.3. The van der Waals surface area contributed by atoms with E-state index in [0.29, 0.717) is 17.5 Å². The first-order valence-electron chi connectivity index (χ1n) is 19.4. The van der Waals surface area contributed by atoms with E-state index < -0.39 is 0 Å². The largest absolute Gasteiger partial charge is 0.456 e. The Hall–Kier alpha value is -7.89. The van der Waals surface area contributed by atoms with Crippen LogP contribution in [0.1, 0.15) is 0 Å². The van der Waals surface area contributed by atoms with E-state index in [0.717, 1.165) is 88.0 Å². The van der Waals surface area contributed by atoms with Crippen molar-refractivity contribution in [3.63, 3.8) is 0 Å². The van der Waals surface area contributed by atoms with E-state index in [-0.39, 0.29) is 0 Å². The molecular formula is C53H31N3O2. The Labute approximate surface area is 332 Å². The average Bonchev–Trinajstić information content (AvgIpc) is 3.87. The molecule has 0 fully saturated rings. The fourth-order valence-corrected chi connectivity index (χ4v) is 8.72. The number of hydrogen-bond acceptors (Lipinski definition) is 5. The monoisotopic (exact) mass is 741 g/mol. The maximum atomic E-state index is 6.32. The van der Waals surface area contributed by atoms with E-state index >= 15 is 0 Å². The van der Waals surface area contributed by atoms with E-state index in [2.05, 4.69) is 140 Å². The highest BCUT2D eigenvalue weighted by atomic mass is 16.3. The quantitative estimate of drug-likeness (QED) is 0.176. The molecule has 0 aliphatic carbocycles. The summed E-state index contributed by atoms with van der Waals surface area (Å²) >= 11 is 0. The fraction of sp³-hybridized carbons (Fsp3) is 0. The molecule has 3 heterocycles. The highest BCUT2D eigenvalue weighted by Crippen LogP contribution is 2.42. The molecule has 5 nitrogen and oxygen atoms in total. The van der Waals surface area contributed by atoms with Crippen molar-refractivity contribution in [1.82, 2.24) is 15.0 Å². The number of nitrogens with zero attached hydrogens (tertiary/aromatic N) is 3. The lowest BCUT2D eigenvalue weighted by atomic mass is 9.93. The number of furan rings is 2. The van der Waals surface area contributed by atoms with Crippen LogP contribution in [0.15, 0.2) is 197 Å². The molecule has 0 atom stereocenters. The molecule has 12 aromatic rings. The Morgan fingerprint density at radius 1 is 0.259 bits per heavy atom. The highest BCUT2D eigenvalue weighted by Gasteiger charge is 2.20. The molecule has 0 unspecified atom stereocenters. The van der Waals surface area contributed by atoms with Crippen LogP contribution in [-0.4, -0.2) is 15.0 Å². The summed E-state index contributed by atoms with van der Waals surface area (Å²) in [7, 11) is 0. The Morgan fingerprint density at radius 3 is 1.41 bits per heavy atom. The molecule has 270 valence electrons. The Kier molecular flexibility index (Phi) is 7.16. The zero-order chi connectivity index (χ0) is 38.2. The third kappa shape index (κ3) is 5.07. The SMILES string of the molecule is c1ccc2c(-c3ccc(-c4nc(-c5cccc6c(-c7cccc8oc9ccccc9c78)cccc56)nc(-c5cccc6oc7ccccc7c56)n4)cc3)cccc2c1. The van der Waals surface area contributed by atoms with Gasteiger partial charge in [-0.2, -0.15) is 0 Å². The second-order valence-corrected chi connectivity index (χ2v) is 14.7. The van der Waals surface area contributed by atoms with Gasteiger partial charge in [0.2, 0.25) is 0 Å². The molecule has 0 radical (unpaired) electrons. The summed E-state index contributed by atoms with van der Waals surface area (Å²) in [4.78, 5) is 15.8. The van der Waals surface area contributed by atoms with Gasteiger partial charge in [0, 0.05) is 38.2 Å². The van der Waals surface area contributed by atoms with E-state index in [1.807, 2.05) is 48.5 Å². The van der Waals surface area contributed by atoms with Crippen LogP contribution >= 0.6 is 0 Å². The van der Waals surface area contributed by atoms with Crippen molar-refractivity contribution in [3.05, 3.63) is 188 Å². The lowest BCUT2D eigenvalue weighted by molar-refractivity contribution is 0.668. The maximum Gasteiger partial charge on any atom is 0.164 e. The lowest BCUT2D eigenvalue weighted by Gasteiger charge is -2.13. The summed E-state index contributed by atoms with van der Waals surface area (Å²) in [5.41, 5.74) is 10.6. The summed E-state index contributed by atoms with van der Waals surface area (Å²) in [5, 5.41) is 8.78. The van der Waals surface area contributed by atoms with E-state index in [9.17, 15) is 0 Å². The van der Waals surface area contributed by atoms with Crippen molar-refractivity contribution in [2.45, 2.75) is 0 Å². The third-order valence-electron chi connectivity index (χ3n) is 11.4. The summed E-state index contributed by atoms with van der Waals surface area (Å²) < 4.78 is 12.6. The molecule has 0 saturated carbocycles. The van der Waals surface area contributed by atoms with E-state index in [4.69, 9.17) is 23.8 Å². The van der Waals surface area contributed by atoms with Crippen LogP contribution in [0.5, 0.6) is 0 Å². The number of fused-ring (bicyclic) bond motifs is 8. The highest BCUT2D eigenvalue weighted by molar-refractivity contribution is 6.16. The van der Waals surface area contributed by atoms with Gasteiger partial charge in [0.05, 0.1) is 0 Å². The van der Waals surface area contributed by atoms with Gasteiger partial charge in [0.1, 0.15) is 22.3 Å². The van der Waals surface area contributed by atoms with E-state index in [1.165, 1.54) is 16.3 Å². The average molecular weight is 742 g/mol. The van der Waals surface area contributed by atoms with Gasteiger partial charge in [-0.15, -0.1) is 0 Å². The van der Waals surface area contributed by atoms with Crippen molar-refractivity contribution in [2.75, 3.05) is 0 Å². The number of rotatable bonds is 5. The van der Waals surface area contributed by atoms with Gasteiger partial charge in [-0.3, -0.25) is 0 Å². The molecular weight excluding hydrogens is 711 g/mol. The second kappa shape index (κ2) is 12.8. The van der Waals surface area contributed by atoms with Gasteiger partial charge in [-0.25, -0.2) is 15.0 Å². The van der Waals surface area contributed by atoms with E-state index in [1.54, 1.807) is 0 Å². The van der Waals surface area contributed by atoms with Crippen molar-refractivity contribution < 1.29 is 8.83 Å². The van der Waals surface area contributed by atoms with Crippen molar-refractivity contribution in [1.29, 1.82) is 0 Å². The summed E-state index contributed by atoms with van der Waals surface area (Å²) in [6, 6.07) is 65.1. The van der Waals surface area contributed by atoms with Crippen molar-refractivity contribution in [3.8, 4) is 56.4 Å². The maximum absolute atomic E-state index is 6.32. The third-order valence-corrected chi connectivity index (χ3v) is 11.4. The van der Waals surface area contributed by atoms with Crippen molar-refractivity contribution >= 4 is 65.4 Å². The topological polar surface area (TPSA) is 65.0 Å². The summed E-state index contributed by atoms with van der Waals surface area (Å²) in [6.07, 6.45) is 0. The van der Waals surface area contributed by atoms with Crippen molar-refractivity contribution in [2.24, 2.45) is 0 Å². The van der Waals surface area contributed by atoms with Gasteiger partial charge in [0.15, 0.2) is 17.5 Å². The molecule has 0 amide bonds. The van der Waals surface area contributed by atoms with Gasteiger partial charge in [-0.05, 0) is 68.1 Å². The Morgan fingerprint density at radius 2 is 0.690 bits per heavy atom. The Bertz CT molecular complexity index is 3570. The molecule has 0 spiro atoms. The normalized spacial score (nSPS) is 11.8. The van der Waals surface area contributed by atoms with Crippen LogP contribution in [0.4, 0.5) is 0 Å². The summed E-state index contributed by atoms with van der Waals surface area (Å²) in [6.45, 7) is 0. The van der Waals surface area contributed by atoms with Crippen LogP contribution in [0.25, 0.3) is 122 Å². The number of para-hydroxylation sites is 2. The molecule has 0 aliphatic rings. The predicted molar refractivity (Wildman–Crippen MR) is 237 cm³/mol. The first-order chi connectivity index (χ1) is 28.7. The van der Waals surface area contributed by atoms with Crippen LogP contribution in [0, 0.1) is 0 Å². The molecule has 0 N–H and O–H groups in total. The van der Waals surface area contributed by atoms with Crippen LogP contribution < -0.4 is 0 Å². The smallest absolute Gasteiger partial charge is 0.164 e. The van der Waals surface area contributed by atoms with Gasteiger partial charge < -0.3 is 8.83 Å². The standard InChI is InChI=1S/C53H31N3O2/c1-2-14-35-32(12-1)13-7-17-36(35)33-28-30-34(31-29-33)51-54-52(56-53(55-51)44-23-11-27-48-50(44)43-16-4-6-25-46(43)58-48)41-22-9-18-37-38(19-8-20-39(37)41)40-21-10-26-47-49(40)42-15-3-5-24-45(42)57-47/h1-31H. The molecule has 12 rings (SSSR count). The zero-order valence-corrected chi connectivity index (χ0v) is 31.1. The van der Waals surface area contributed by atoms with Gasteiger partial charge >= 0.3 is 0 Å². The fourth-order valence-electron chi connectivity index (χ4n) is 8.72. The molecule has 3 aromatic heterocycles. The molecule has 58 heavy (non-hydrogen) atoms. The first-order valence-corrected chi connectivity index (χ1v) is 19.4. The second-order valence-electron chi connectivity index (χ2n) is 14.7. The molecule has 0 saturated heterocycles. The van der Waals surface area contributed by atoms with Gasteiger partial charge in [-0.1, -0.05) is 164 Å². The number of hydrogen-bond donors (Lipinski definition) is 0. The zero-order valence-electron chi connectivity index (χ0n) is 31.1. The number of aromatic nitrogens is 3. The van der Waals surface area contributed by atoms with Crippen LogP contribution in [0.2, 0.25) is 0 Å².